The Kier molecular flexibility index (Phi) is 4.85. The maximum absolute atomic E-state index is 12.3. The molecule has 4 aliphatic rings. The Morgan fingerprint density at radius 3 is 2.50 bits per heavy atom. The molecule has 0 aromatic heterocycles. The van der Waals surface area contributed by atoms with Crippen molar-refractivity contribution in [3.8, 4) is 0 Å². The van der Waals surface area contributed by atoms with Gasteiger partial charge in [0, 0.05) is 6.42 Å². The van der Waals surface area contributed by atoms with Crippen molar-refractivity contribution in [1.82, 2.24) is 0 Å². The molecule has 4 rings (SSSR count). The normalized spacial score (nSPS) is 42.6. The van der Waals surface area contributed by atoms with Gasteiger partial charge >= 0.3 is 5.97 Å². The Morgan fingerprint density at radius 2 is 1.79 bits per heavy atom. The van der Waals surface area contributed by atoms with E-state index < -0.39 is 0 Å². The van der Waals surface area contributed by atoms with Crippen LogP contribution in [0.5, 0.6) is 0 Å². The SMILES string of the molecule is CC1=CCC2C3CC=C4C[C@@H](OC(=O)C[N+](C)(C)C)CC[C@]4(C)C3CC[C@]12C. The number of esters is 1. The van der Waals surface area contributed by atoms with Crippen LogP contribution in [-0.4, -0.2) is 44.2 Å². The third-order valence-corrected chi connectivity index (χ3v) is 8.93. The van der Waals surface area contributed by atoms with Crippen molar-refractivity contribution in [2.24, 2.45) is 28.6 Å². The van der Waals surface area contributed by atoms with Gasteiger partial charge in [-0.05, 0) is 74.0 Å². The Hall–Kier alpha value is -1.09. The molecule has 0 radical (unpaired) electrons. The number of hydrogen-bond acceptors (Lipinski definition) is 2. The topological polar surface area (TPSA) is 26.3 Å². The van der Waals surface area contributed by atoms with Crippen LogP contribution in [0.3, 0.4) is 0 Å². The van der Waals surface area contributed by atoms with Crippen LogP contribution in [0, 0.1) is 28.6 Å². The van der Waals surface area contributed by atoms with E-state index in [2.05, 4.69) is 32.9 Å². The highest BCUT2D eigenvalue weighted by molar-refractivity contribution is 5.70. The summed E-state index contributed by atoms with van der Waals surface area (Å²) in [5.41, 5.74) is 4.00. The Balaban J connectivity index is 1.47. The van der Waals surface area contributed by atoms with Crippen molar-refractivity contribution in [2.75, 3.05) is 27.7 Å². The second-order valence-corrected chi connectivity index (χ2v) is 11.6. The lowest BCUT2D eigenvalue weighted by Crippen LogP contribution is -2.50. The van der Waals surface area contributed by atoms with E-state index in [1.54, 1.807) is 11.1 Å². The second-order valence-electron chi connectivity index (χ2n) is 11.6. The van der Waals surface area contributed by atoms with Crippen LogP contribution in [0.25, 0.3) is 0 Å². The minimum Gasteiger partial charge on any atom is -0.458 e. The lowest BCUT2D eigenvalue weighted by molar-refractivity contribution is -0.862. The number of rotatable bonds is 3. The molecule has 0 saturated heterocycles. The molecular formula is C25H40NO2+. The molecular weight excluding hydrogens is 346 g/mol. The first-order valence-corrected chi connectivity index (χ1v) is 11.4. The number of nitrogens with zero attached hydrogens (tertiary/aromatic N) is 1. The van der Waals surface area contributed by atoms with Gasteiger partial charge in [-0.15, -0.1) is 0 Å². The van der Waals surface area contributed by atoms with Crippen LogP contribution in [-0.2, 0) is 9.53 Å². The first-order valence-electron chi connectivity index (χ1n) is 11.4. The molecule has 3 heteroatoms. The Bertz CT molecular complexity index is 715. The molecule has 0 aromatic rings. The molecule has 3 nitrogen and oxygen atoms in total. The summed E-state index contributed by atoms with van der Waals surface area (Å²) in [7, 11) is 6.12. The lowest BCUT2D eigenvalue weighted by Gasteiger charge is -2.57. The highest BCUT2D eigenvalue weighted by Gasteiger charge is 2.56. The highest BCUT2D eigenvalue weighted by Crippen LogP contribution is 2.64. The zero-order valence-corrected chi connectivity index (χ0v) is 18.9. The summed E-state index contributed by atoms with van der Waals surface area (Å²) in [5, 5.41) is 0. The number of carbonyl (C=O) groups is 1. The lowest BCUT2D eigenvalue weighted by atomic mass is 9.47. The number of likely N-dealkylation sites (N-methyl/N-ethyl adjacent to an activating group) is 1. The van der Waals surface area contributed by atoms with Crippen molar-refractivity contribution in [1.29, 1.82) is 0 Å². The number of fused-ring (bicyclic) bond motifs is 5. The van der Waals surface area contributed by atoms with E-state index in [1.807, 2.05) is 21.1 Å². The molecule has 0 amide bonds. The number of quaternary nitrogens is 1. The fraction of sp³-hybridized carbons (Fsp3) is 0.800. The average Bonchev–Trinajstić information content (AvgIpc) is 2.89. The van der Waals surface area contributed by atoms with Crippen LogP contribution in [0.2, 0.25) is 0 Å². The predicted octanol–water partition coefficient (Wildman–Crippen LogP) is 5.12. The molecule has 6 atom stereocenters. The summed E-state index contributed by atoms with van der Waals surface area (Å²) >= 11 is 0. The highest BCUT2D eigenvalue weighted by atomic mass is 16.5. The summed E-state index contributed by atoms with van der Waals surface area (Å²) < 4.78 is 6.52. The zero-order chi connectivity index (χ0) is 20.3. The van der Waals surface area contributed by atoms with Crippen molar-refractivity contribution < 1.29 is 14.0 Å². The van der Waals surface area contributed by atoms with Gasteiger partial charge in [0.1, 0.15) is 6.10 Å². The van der Waals surface area contributed by atoms with Gasteiger partial charge in [0.15, 0.2) is 6.54 Å². The summed E-state index contributed by atoms with van der Waals surface area (Å²) in [6, 6.07) is 0. The fourth-order valence-electron chi connectivity index (χ4n) is 7.12. The number of allylic oxidation sites excluding steroid dienone is 3. The molecule has 0 N–H and O–H groups in total. The van der Waals surface area contributed by atoms with Gasteiger partial charge in [-0.25, -0.2) is 4.79 Å². The number of carbonyl (C=O) groups excluding carboxylic acids is 1. The maximum atomic E-state index is 12.3. The van der Waals surface area contributed by atoms with E-state index in [9.17, 15) is 4.79 Å². The zero-order valence-electron chi connectivity index (χ0n) is 18.9. The Labute approximate surface area is 171 Å². The molecule has 2 fully saturated rings. The monoisotopic (exact) mass is 386 g/mol. The van der Waals surface area contributed by atoms with E-state index in [1.165, 1.54) is 32.1 Å². The van der Waals surface area contributed by atoms with Crippen LogP contribution >= 0.6 is 0 Å². The van der Waals surface area contributed by atoms with Gasteiger partial charge in [0.05, 0.1) is 21.1 Å². The third kappa shape index (κ3) is 3.28. The maximum Gasteiger partial charge on any atom is 0.362 e. The van der Waals surface area contributed by atoms with Gasteiger partial charge < -0.3 is 9.22 Å². The van der Waals surface area contributed by atoms with E-state index in [0.29, 0.717) is 21.9 Å². The van der Waals surface area contributed by atoms with E-state index in [4.69, 9.17) is 4.74 Å². The molecule has 0 heterocycles. The first-order chi connectivity index (χ1) is 13.0. The van der Waals surface area contributed by atoms with E-state index >= 15 is 0 Å². The smallest absolute Gasteiger partial charge is 0.362 e. The van der Waals surface area contributed by atoms with Crippen LogP contribution in [0.4, 0.5) is 0 Å². The van der Waals surface area contributed by atoms with Gasteiger partial charge in [-0.2, -0.15) is 0 Å². The van der Waals surface area contributed by atoms with Crippen LogP contribution < -0.4 is 0 Å². The van der Waals surface area contributed by atoms with Gasteiger partial charge in [0.25, 0.3) is 0 Å². The van der Waals surface area contributed by atoms with Gasteiger partial charge in [-0.1, -0.05) is 37.1 Å². The largest absolute Gasteiger partial charge is 0.458 e. The summed E-state index contributed by atoms with van der Waals surface area (Å²) in [4.78, 5) is 12.3. The molecule has 0 bridgehead atoms. The van der Waals surface area contributed by atoms with E-state index in [0.717, 1.165) is 30.6 Å². The van der Waals surface area contributed by atoms with Gasteiger partial charge in [0.2, 0.25) is 0 Å². The summed E-state index contributed by atoms with van der Waals surface area (Å²) in [6.45, 7) is 7.86. The molecule has 4 aliphatic carbocycles. The van der Waals surface area contributed by atoms with E-state index in [-0.39, 0.29) is 12.1 Å². The molecule has 2 saturated carbocycles. The van der Waals surface area contributed by atoms with Crippen molar-refractivity contribution >= 4 is 5.97 Å². The van der Waals surface area contributed by atoms with Gasteiger partial charge in [-0.3, -0.25) is 0 Å². The molecule has 0 aliphatic heterocycles. The summed E-state index contributed by atoms with van der Waals surface area (Å²) in [6.07, 6.45) is 13.6. The minimum atomic E-state index is -0.0451. The van der Waals surface area contributed by atoms with Crippen molar-refractivity contribution in [2.45, 2.75) is 71.8 Å². The van der Waals surface area contributed by atoms with Crippen LogP contribution in [0.1, 0.15) is 65.7 Å². The molecule has 28 heavy (non-hydrogen) atoms. The van der Waals surface area contributed by atoms with Crippen molar-refractivity contribution in [3.63, 3.8) is 0 Å². The number of ether oxygens (including phenoxy) is 1. The molecule has 0 spiro atoms. The standard InChI is InChI=1S/C25H40NO2/c1-17-7-10-21-20-9-8-18-15-19(28-23(27)16-26(4,5)6)11-13-25(18,3)22(20)12-14-24(17,21)2/h7-8,19-22H,9-16H2,1-6H3/q+1/t19-,20?,21?,22?,24+,25-/m0/s1. The molecule has 3 unspecified atom stereocenters. The number of hydrogen-bond donors (Lipinski definition) is 0. The van der Waals surface area contributed by atoms with Crippen LogP contribution in [0.15, 0.2) is 23.3 Å². The van der Waals surface area contributed by atoms with Crippen molar-refractivity contribution in [3.05, 3.63) is 23.3 Å². The third-order valence-electron chi connectivity index (χ3n) is 8.93. The average molecular weight is 387 g/mol. The fourth-order valence-corrected chi connectivity index (χ4v) is 7.12. The predicted molar refractivity (Wildman–Crippen MR) is 114 cm³/mol. The Morgan fingerprint density at radius 1 is 1.07 bits per heavy atom. The minimum absolute atomic E-state index is 0.0451. The first kappa shape index (κ1) is 20.2. The molecule has 0 aromatic carbocycles. The summed E-state index contributed by atoms with van der Waals surface area (Å²) in [5.74, 6) is 2.43. The molecule has 156 valence electrons. The quantitative estimate of drug-likeness (QED) is 0.382. The second kappa shape index (κ2) is 6.72.